The van der Waals surface area contributed by atoms with Crippen LogP contribution in [-0.2, 0) is 14.9 Å². The number of rotatable bonds is 6. The molecule has 3 aliphatic rings. The number of hydrogen-bond donors (Lipinski definition) is 2. The van der Waals surface area contributed by atoms with Crippen LogP contribution < -0.4 is 0 Å². The quantitative estimate of drug-likeness (QED) is 0.127. The summed E-state index contributed by atoms with van der Waals surface area (Å²) < 4.78 is 9.78. The van der Waals surface area contributed by atoms with Gasteiger partial charge < -0.3 is 19.7 Å². The average Bonchev–Trinajstić information content (AvgIpc) is 3.76. The summed E-state index contributed by atoms with van der Waals surface area (Å²) in [5.41, 5.74) is 6.33. The van der Waals surface area contributed by atoms with Crippen LogP contribution in [0.1, 0.15) is 95.5 Å². The fourth-order valence-electron chi connectivity index (χ4n) is 8.64. The van der Waals surface area contributed by atoms with E-state index in [1.54, 1.807) is 12.1 Å². The number of hydrogen-bond acceptors (Lipinski definition) is 8. The molecular weight excluding hydrogens is 700 g/mol. The third-order valence-corrected chi connectivity index (χ3v) is 10.9. The van der Waals surface area contributed by atoms with Gasteiger partial charge in [-0.05, 0) is 93.7 Å². The van der Waals surface area contributed by atoms with E-state index in [0.29, 0.717) is 22.3 Å². The Morgan fingerprint density at radius 2 is 0.836 bits per heavy atom. The summed E-state index contributed by atoms with van der Waals surface area (Å²) in [7, 11) is 0. The van der Waals surface area contributed by atoms with Gasteiger partial charge in [-0.3, -0.25) is 0 Å². The lowest BCUT2D eigenvalue weighted by molar-refractivity contribution is 0.0426. The maximum absolute atomic E-state index is 12.9. The molecule has 2 heterocycles. The molecule has 1 aliphatic carbocycles. The summed E-state index contributed by atoms with van der Waals surface area (Å²) >= 11 is 0. The highest BCUT2D eigenvalue weighted by Gasteiger charge is 2.47. The van der Waals surface area contributed by atoms with Crippen molar-refractivity contribution >= 4 is 35.8 Å². The zero-order chi connectivity index (χ0) is 38.5. The Balaban J connectivity index is 1.31. The summed E-state index contributed by atoms with van der Waals surface area (Å²) in [6.07, 6.45) is 0. The van der Waals surface area contributed by atoms with Gasteiger partial charge in [0.15, 0.2) is 0 Å². The van der Waals surface area contributed by atoms with Gasteiger partial charge in [-0.15, -0.1) is 0 Å². The first kappa shape index (κ1) is 33.4. The topological polar surface area (TPSA) is 161 Å². The van der Waals surface area contributed by atoms with Gasteiger partial charge in [-0.25, -0.2) is 28.8 Å². The Labute approximate surface area is 312 Å². The number of ether oxygens (including phenoxy) is 2. The van der Waals surface area contributed by atoms with Crippen LogP contribution in [0.4, 0.5) is 0 Å². The summed E-state index contributed by atoms with van der Waals surface area (Å²) in [6.45, 7) is 3.62. The number of cyclic esters (lactones) is 4. The lowest BCUT2D eigenvalue weighted by Crippen LogP contribution is -2.29. The first-order chi connectivity index (χ1) is 26.4. The average molecular weight is 727 g/mol. The van der Waals surface area contributed by atoms with Crippen LogP contribution in [0.15, 0.2) is 109 Å². The molecule has 10 nitrogen and oxygen atoms in total. The van der Waals surface area contributed by atoms with E-state index in [9.17, 15) is 39.0 Å². The number of carboxylic acid groups (broad SMARTS) is 2. The van der Waals surface area contributed by atoms with Gasteiger partial charge in [0.05, 0.1) is 38.8 Å². The second-order valence-corrected chi connectivity index (χ2v) is 13.7. The van der Waals surface area contributed by atoms with E-state index in [4.69, 9.17) is 9.47 Å². The first-order valence-electron chi connectivity index (χ1n) is 17.2. The van der Waals surface area contributed by atoms with Crippen LogP contribution in [0.2, 0.25) is 0 Å². The van der Waals surface area contributed by atoms with Gasteiger partial charge in [0.2, 0.25) is 0 Å². The maximum Gasteiger partial charge on any atom is 0.347 e. The number of carbonyl (C=O) groups excluding carboxylic acids is 4. The van der Waals surface area contributed by atoms with Gasteiger partial charge in [0, 0.05) is 11.1 Å². The van der Waals surface area contributed by atoms with Crippen molar-refractivity contribution in [2.45, 2.75) is 19.3 Å². The minimum atomic E-state index is -1.27. The first-order valence-corrected chi connectivity index (χ1v) is 17.2. The molecule has 9 rings (SSSR count). The van der Waals surface area contributed by atoms with Crippen molar-refractivity contribution in [1.82, 2.24) is 0 Å². The van der Waals surface area contributed by atoms with E-state index in [1.165, 1.54) is 24.3 Å². The zero-order valence-electron chi connectivity index (χ0n) is 29.1. The fraction of sp³-hybridized carbons (Fsp3) is 0.0667. The third-order valence-electron chi connectivity index (χ3n) is 10.9. The van der Waals surface area contributed by atoms with E-state index in [2.05, 4.69) is 0 Å². The van der Waals surface area contributed by atoms with Gasteiger partial charge in [0.1, 0.15) is 0 Å². The van der Waals surface area contributed by atoms with E-state index in [-0.39, 0.29) is 44.5 Å². The molecule has 0 bridgehead atoms. The van der Waals surface area contributed by atoms with E-state index < -0.39 is 41.2 Å². The van der Waals surface area contributed by atoms with Crippen LogP contribution in [0.3, 0.4) is 0 Å². The third kappa shape index (κ3) is 4.54. The van der Waals surface area contributed by atoms with Crippen molar-refractivity contribution in [3.05, 3.63) is 176 Å². The highest BCUT2D eigenvalue weighted by molar-refractivity contribution is 6.21. The number of esters is 4. The van der Waals surface area contributed by atoms with Crippen LogP contribution in [0, 0.1) is 13.8 Å². The molecule has 10 heteroatoms. The number of aromatic carboxylic acids is 2. The minimum Gasteiger partial charge on any atom is -0.478 e. The van der Waals surface area contributed by atoms with Crippen LogP contribution in [0.25, 0.3) is 33.4 Å². The van der Waals surface area contributed by atoms with Crippen molar-refractivity contribution in [2.75, 3.05) is 0 Å². The molecule has 0 atom stereocenters. The Kier molecular flexibility index (Phi) is 7.15. The van der Waals surface area contributed by atoms with Gasteiger partial charge in [-0.1, -0.05) is 84.9 Å². The standard InChI is InChI=1S/C45H26O10/c1-21-19-23(11-13-25(21)35-29(39(46)47)15-17-31-37(35)43(52)54-41(31)50)45(33-9-5-3-7-27(33)28-8-4-6-10-34(28)45)24-12-14-26(22(2)20-24)36-30(40(48)49)16-18-32-38(36)44(53)55-42(32)51/h3-20H,1-2H3,(H,46,47)(H,48,49). The van der Waals surface area contributed by atoms with Crippen LogP contribution >= 0.6 is 0 Å². The molecular formula is C45H26O10. The zero-order valence-corrected chi connectivity index (χ0v) is 29.1. The highest BCUT2D eigenvalue weighted by Crippen LogP contribution is 2.57. The summed E-state index contributed by atoms with van der Waals surface area (Å²) in [6, 6.07) is 32.3. The molecule has 6 aromatic rings. The van der Waals surface area contributed by atoms with E-state index >= 15 is 0 Å². The molecule has 0 unspecified atom stereocenters. The predicted octanol–water partition coefficient (Wildman–Crippen LogP) is 8.02. The molecule has 0 radical (unpaired) electrons. The molecule has 0 aromatic heterocycles. The highest BCUT2D eigenvalue weighted by atomic mass is 16.6. The lowest BCUT2D eigenvalue weighted by Gasteiger charge is -2.35. The van der Waals surface area contributed by atoms with Crippen molar-refractivity contribution < 1.29 is 48.5 Å². The molecule has 0 fully saturated rings. The summed E-state index contributed by atoms with van der Waals surface area (Å²) in [4.78, 5) is 75.9. The predicted molar refractivity (Wildman–Crippen MR) is 198 cm³/mol. The van der Waals surface area contributed by atoms with Gasteiger partial charge in [0.25, 0.3) is 0 Å². The monoisotopic (exact) mass is 726 g/mol. The SMILES string of the molecule is Cc1cc(C2(c3ccc(-c4c(C(=O)O)ccc5c4C(=O)OC5=O)c(C)c3)c3ccccc3-c3ccccc32)ccc1-c1c(C(=O)O)ccc2c1C(=O)OC2=O. The fourth-order valence-corrected chi connectivity index (χ4v) is 8.64. The number of fused-ring (bicyclic) bond motifs is 5. The normalized spacial score (nSPS) is 14.5. The van der Waals surface area contributed by atoms with Crippen molar-refractivity contribution in [2.24, 2.45) is 0 Å². The number of benzene rings is 6. The van der Waals surface area contributed by atoms with Crippen LogP contribution in [-0.4, -0.2) is 46.0 Å². The molecule has 2 aliphatic heterocycles. The molecule has 2 N–H and O–H groups in total. The van der Waals surface area contributed by atoms with Gasteiger partial charge >= 0.3 is 35.8 Å². The molecule has 0 saturated heterocycles. The molecule has 6 aromatic carbocycles. The second-order valence-electron chi connectivity index (χ2n) is 13.7. The van der Waals surface area contributed by atoms with Crippen molar-refractivity contribution in [1.29, 1.82) is 0 Å². The Hall–Kier alpha value is -7.46. The van der Waals surface area contributed by atoms with E-state index in [1.807, 2.05) is 86.6 Å². The molecule has 0 spiro atoms. The number of carboxylic acids is 2. The maximum atomic E-state index is 12.9. The molecule has 266 valence electrons. The van der Waals surface area contributed by atoms with Crippen molar-refractivity contribution in [3.8, 4) is 33.4 Å². The Bertz CT molecular complexity index is 2630. The summed E-state index contributed by atoms with van der Waals surface area (Å²) in [5.74, 6) is -6.06. The Morgan fingerprint density at radius 3 is 1.22 bits per heavy atom. The lowest BCUT2D eigenvalue weighted by atomic mass is 9.66. The molecule has 0 saturated carbocycles. The minimum absolute atomic E-state index is 0.00750. The Morgan fingerprint density at radius 1 is 0.455 bits per heavy atom. The van der Waals surface area contributed by atoms with E-state index in [0.717, 1.165) is 33.4 Å². The van der Waals surface area contributed by atoms with Crippen LogP contribution in [0.5, 0.6) is 0 Å². The smallest absolute Gasteiger partial charge is 0.347 e. The van der Waals surface area contributed by atoms with Gasteiger partial charge in [-0.2, -0.15) is 0 Å². The second kappa shape index (κ2) is 11.8. The summed E-state index contributed by atoms with van der Waals surface area (Å²) in [5, 5.41) is 20.4. The largest absolute Gasteiger partial charge is 0.478 e. The number of aryl methyl sites for hydroxylation is 2. The van der Waals surface area contributed by atoms with Crippen molar-refractivity contribution in [3.63, 3.8) is 0 Å². The molecule has 55 heavy (non-hydrogen) atoms. The number of carbonyl (C=O) groups is 6. The molecule has 0 amide bonds.